The molecule has 4 aromatic rings. The van der Waals surface area contributed by atoms with Crippen LogP contribution in [0, 0.1) is 6.92 Å². The van der Waals surface area contributed by atoms with Gasteiger partial charge < -0.3 is 14.8 Å². The molecule has 2 N–H and O–H groups in total. The summed E-state index contributed by atoms with van der Waals surface area (Å²) in [6.07, 6.45) is 1.60. The summed E-state index contributed by atoms with van der Waals surface area (Å²) in [5.41, 5.74) is 2.19. The molecular formula is C23H20N4O4S. The van der Waals surface area contributed by atoms with Gasteiger partial charge in [-0.2, -0.15) is 0 Å². The summed E-state index contributed by atoms with van der Waals surface area (Å²) in [4.78, 5) is 23.9. The Balaban J connectivity index is 1.55. The second-order valence-corrected chi connectivity index (χ2v) is 7.90. The predicted molar refractivity (Wildman–Crippen MR) is 121 cm³/mol. The molecule has 0 atom stereocenters. The number of nitrogens with one attached hydrogen (secondary N) is 1. The van der Waals surface area contributed by atoms with E-state index in [1.54, 1.807) is 24.5 Å². The van der Waals surface area contributed by atoms with Crippen molar-refractivity contribution in [3.8, 4) is 11.4 Å². The van der Waals surface area contributed by atoms with Crippen LogP contribution in [0.1, 0.15) is 21.7 Å². The van der Waals surface area contributed by atoms with E-state index >= 15 is 0 Å². The number of aromatic carboxylic acids is 1. The molecule has 0 radical (unpaired) electrons. The maximum absolute atomic E-state index is 12.5. The summed E-state index contributed by atoms with van der Waals surface area (Å²) < 4.78 is 7.37. The fourth-order valence-corrected chi connectivity index (χ4v) is 3.95. The van der Waals surface area contributed by atoms with E-state index in [4.69, 9.17) is 4.42 Å². The van der Waals surface area contributed by atoms with Crippen LogP contribution in [-0.4, -0.2) is 37.5 Å². The highest BCUT2D eigenvalue weighted by Gasteiger charge is 2.19. The maximum atomic E-state index is 12.5. The number of carboxylic acids is 1. The van der Waals surface area contributed by atoms with Crippen molar-refractivity contribution in [1.82, 2.24) is 14.8 Å². The molecule has 4 rings (SSSR count). The van der Waals surface area contributed by atoms with E-state index in [0.29, 0.717) is 17.5 Å². The molecule has 0 spiro atoms. The van der Waals surface area contributed by atoms with Crippen molar-refractivity contribution >= 4 is 29.3 Å². The van der Waals surface area contributed by atoms with Crippen LogP contribution in [0.5, 0.6) is 0 Å². The summed E-state index contributed by atoms with van der Waals surface area (Å²) in [5.74, 6) is -0.00794. The summed E-state index contributed by atoms with van der Waals surface area (Å²) in [5, 5.41) is 21.2. The minimum atomic E-state index is -1.10. The molecule has 162 valence electrons. The first-order valence-corrected chi connectivity index (χ1v) is 10.8. The van der Waals surface area contributed by atoms with Gasteiger partial charge in [-0.25, -0.2) is 4.79 Å². The summed E-state index contributed by atoms with van der Waals surface area (Å²) in [6.45, 7) is 2.39. The first-order chi connectivity index (χ1) is 15.5. The van der Waals surface area contributed by atoms with Crippen molar-refractivity contribution in [2.45, 2.75) is 18.6 Å². The van der Waals surface area contributed by atoms with Crippen molar-refractivity contribution in [1.29, 1.82) is 0 Å². The minimum Gasteiger partial charge on any atom is -0.478 e. The smallest absolute Gasteiger partial charge is 0.337 e. The Bertz CT molecular complexity index is 1250. The highest BCUT2D eigenvalue weighted by atomic mass is 32.2. The molecule has 0 aliphatic carbocycles. The predicted octanol–water partition coefficient (Wildman–Crippen LogP) is 4.32. The fourth-order valence-electron chi connectivity index (χ4n) is 3.22. The van der Waals surface area contributed by atoms with Gasteiger partial charge >= 0.3 is 5.97 Å². The highest BCUT2D eigenvalue weighted by molar-refractivity contribution is 7.99. The second kappa shape index (κ2) is 9.52. The van der Waals surface area contributed by atoms with E-state index < -0.39 is 5.97 Å². The van der Waals surface area contributed by atoms with Gasteiger partial charge in [-0.1, -0.05) is 54.2 Å². The zero-order valence-electron chi connectivity index (χ0n) is 17.2. The molecule has 0 bridgehead atoms. The lowest BCUT2D eigenvalue weighted by Crippen LogP contribution is -2.17. The molecule has 2 heterocycles. The number of hydrogen-bond acceptors (Lipinski definition) is 6. The number of amides is 1. The Morgan fingerprint density at radius 3 is 2.53 bits per heavy atom. The van der Waals surface area contributed by atoms with E-state index in [-0.39, 0.29) is 22.9 Å². The number of thioether (sulfide) groups is 1. The number of hydrogen-bond donors (Lipinski definition) is 2. The summed E-state index contributed by atoms with van der Waals surface area (Å²) in [7, 11) is 0. The number of rotatable bonds is 8. The van der Waals surface area contributed by atoms with E-state index in [1.165, 1.54) is 17.8 Å². The first kappa shape index (κ1) is 21.4. The van der Waals surface area contributed by atoms with Gasteiger partial charge in [0.1, 0.15) is 5.76 Å². The SMILES string of the molecule is Cc1occc1-c1nnc(SCC(=O)Nc2ccccc2C(=O)O)n1Cc1ccccc1. The average molecular weight is 449 g/mol. The Kier molecular flexibility index (Phi) is 6.37. The van der Waals surface area contributed by atoms with Gasteiger partial charge in [-0.05, 0) is 30.7 Å². The number of carboxylic acid groups (broad SMARTS) is 1. The summed E-state index contributed by atoms with van der Waals surface area (Å²) in [6, 6.07) is 18.0. The molecule has 0 saturated carbocycles. The molecule has 0 unspecified atom stereocenters. The molecule has 9 heteroatoms. The lowest BCUT2D eigenvalue weighted by molar-refractivity contribution is -0.113. The van der Waals surface area contributed by atoms with Gasteiger partial charge in [0.15, 0.2) is 11.0 Å². The molecule has 1 amide bonds. The topological polar surface area (TPSA) is 110 Å². The van der Waals surface area contributed by atoms with Crippen molar-refractivity contribution < 1.29 is 19.1 Å². The number of para-hydroxylation sites is 1. The third-order valence-corrected chi connectivity index (χ3v) is 5.73. The van der Waals surface area contributed by atoms with Crippen LogP contribution in [0.15, 0.2) is 76.5 Å². The highest BCUT2D eigenvalue weighted by Crippen LogP contribution is 2.28. The Labute approximate surface area is 188 Å². The molecule has 2 aromatic carbocycles. The second-order valence-electron chi connectivity index (χ2n) is 6.96. The maximum Gasteiger partial charge on any atom is 0.337 e. The number of nitrogens with zero attached hydrogens (tertiary/aromatic N) is 3. The molecule has 8 nitrogen and oxygen atoms in total. The standard InChI is InChI=1S/C23H20N4O4S/c1-15-17(11-12-31-15)21-25-26-23(27(21)13-16-7-3-2-4-8-16)32-14-20(28)24-19-10-6-5-9-18(19)22(29)30/h2-12H,13-14H2,1H3,(H,24,28)(H,29,30). The van der Waals surface area contributed by atoms with Crippen LogP contribution >= 0.6 is 11.8 Å². The third-order valence-electron chi connectivity index (χ3n) is 4.76. The quantitative estimate of drug-likeness (QED) is 0.386. The van der Waals surface area contributed by atoms with Gasteiger partial charge in [0.2, 0.25) is 5.91 Å². The van der Waals surface area contributed by atoms with Crippen LogP contribution in [0.3, 0.4) is 0 Å². The van der Waals surface area contributed by atoms with Crippen LogP contribution < -0.4 is 5.32 Å². The largest absolute Gasteiger partial charge is 0.478 e. The van der Waals surface area contributed by atoms with Crippen molar-refractivity contribution in [3.05, 3.63) is 83.8 Å². The molecule has 32 heavy (non-hydrogen) atoms. The Hall–Kier alpha value is -3.85. The molecule has 2 aromatic heterocycles. The number of furan rings is 1. The van der Waals surface area contributed by atoms with E-state index in [9.17, 15) is 14.7 Å². The molecule has 0 aliphatic heterocycles. The van der Waals surface area contributed by atoms with Crippen molar-refractivity contribution in [2.24, 2.45) is 0 Å². The monoisotopic (exact) mass is 448 g/mol. The zero-order chi connectivity index (χ0) is 22.5. The average Bonchev–Trinajstić information content (AvgIpc) is 3.38. The number of carbonyl (C=O) groups excluding carboxylic acids is 1. The van der Waals surface area contributed by atoms with Crippen LogP contribution in [0.25, 0.3) is 11.4 Å². The number of anilines is 1. The first-order valence-electron chi connectivity index (χ1n) is 9.79. The van der Waals surface area contributed by atoms with Gasteiger partial charge in [0.25, 0.3) is 0 Å². The third kappa shape index (κ3) is 4.73. The number of aryl methyl sites for hydroxylation is 1. The summed E-state index contributed by atoms with van der Waals surface area (Å²) >= 11 is 1.23. The molecule has 0 aliphatic rings. The normalized spacial score (nSPS) is 10.8. The number of aromatic nitrogens is 3. The van der Waals surface area contributed by atoms with Crippen LogP contribution in [-0.2, 0) is 11.3 Å². The van der Waals surface area contributed by atoms with E-state index in [2.05, 4.69) is 15.5 Å². The van der Waals surface area contributed by atoms with Gasteiger partial charge in [0.05, 0.1) is 35.4 Å². The Morgan fingerprint density at radius 2 is 1.81 bits per heavy atom. The van der Waals surface area contributed by atoms with Gasteiger partial charge in [0, 0.05) is 0 Å². The van der Waals surface area contributed by atoms with Crippen molar-refractivity contribution in [2.75, 3.05) is 11.1 Å². The molecular weight excluding hydrogens is 428 g/mol. The molecule has 0 fully saturated rings. The fraction of sp³-hybridized carbons (Fsp3) is 0.130. The van der Waals surface area contributed by atoms with Crippen LogP contribution in [0.2, 0.25) is 0 Å². The van der Waals surface area contributed by atoms with Gasteiger partial charge in [-0.3, -0.25) is 9.36 Å². The Morgan fingerprint density at radius 1 is 1.06 bits per heavy atom. The lowest BCUT2D eigenvalue weighted by atomic mass is 10.2. The zero-order valence-corrected chi connectivity index (χ0v) is 18.0. The van der Waals surface area contributed by atoms with Crippen molar-refractivity contribution in [3.63, 3.8) is 0 Å². The minimum absolute atomic E-state index is 0.0378. The number of carbonyl (C=O) groups is 2. The van der Waals surface area contributed by atoms with E-state index in [0.717, 1.165) is 16.9 Å². The lowest BCUT2D eigenvalue weighted by Gasteiger charge is -2.11. The van der Waals surface area contributed by atoms with Gasteiger partial charge in [-0.15, -0.1) is 10.2 Å². The number of benzene rings is 2. The van der Waals surface area contributed by atoms with Crippen LogP contribution in [0.4, 0.5) is 5.69 Å². The van der Waals surface area contributed by atoms with E-state index in [1.807, 2.05) is 47.9 Å². The molecule has 0 saturated heterocycles.